The van der Waals surface area contributed by atoms with Crippen LogP contribution in [0.3, 0.4) is 0 Å². The standard InChI is InChI=1S/C15H15N3O3/c1-9-5-12(20-2)7-11(17-9)8-18-13-6-10(16)3-4-14(13)21-15(18)19/h3-7H,8,16H2,1-2H3. The zero-order valence-electron chi connectivity index (χ0n) is 11.8. The van der Waals surface area contributed by atoms with Crippen molar-refractivity contribution < 1.29 is 9.15 Å². The van der Waals surface area contributed by atoms with Crippen molar-refractivity contribution in [1.82, 2.24) is 9.55 Å². The second kappa shape index (κ2) is 4.97. The van der Waals surface area contributed by atoms with Crippen LogP contribution in [0.2, 0.25) is 0 Å². The van der Waals surface area contributed by atoms with Crippen molar-refractivity contribution in [2.45, 2.75) is 13.5 Å². The van der Waals surface area contributed by atoms with Crippen molar-refractivity contribution in [2.24, 2.45) is 0 Å². The molecule has 3 aromatic rings. The Morgan fingerprint density at radius 3 is 2.90 bits per heavy atom. The van der Waals surface area contributed by atoms with Gasteiger partial charge in [-0.3, -0.25) is 9.55 Å². The lowest BCUT2D eigenvalue weighted by Gasteiger charge is -2.06. The molecule has 0 unspecified atom stereocenters. The molecule has 0 saturated carbocycles. The lowest BCUT2D eigenvalue weighted by Crippen LogP contribution is -2.16. The van der Waals surface area contributed by atoms with Gasteiger partial charge in [0.15, 0.2) is 5.58 Å². The molecule has 0 aliphatic carbocycles. The summed E-state index contributed by atoms with van der Waals surface area (Å²) in [6.07, 6.45) is 0. The molecule has 2 heterocycles. The Morgan fingerprint density at radius 1 is 1.33 bits per heavy atom. The number of rotatable bonds is 3. The van der Waals surface area contributed by atoms with E-state index >= 15 is 0 Å². The maximum absolute atomic E-state index is 12.0. The number of nitrogen functional groups attached to an aromatic ring is 1. The predicted octanol–water partition coefficient (Wildman–Crippen LogP) is 1.94. The van der Waals surface area contributed by atoms with E-state index in [2.05, 4.69) is 4.98 Å². The minimum absolute atomic E-state index is 0.299. The molecule has 0 bridgehead atoms. The van der Waals surface area contributed by atoms with Gasteiger partial charge in [-0.25, -0.2) is 4.79 Å². The molecule has 0 atom stereocenters. The molecule has 0 radical (unpaired) electrons. The first kappa shape index (κ1) is 13.2. The summed E-state index contributed by atoms with van der Waals surface area (Å²) < 4.78 is 11.9. The Kier molecular flexibility index (Phi) is 3.13. The predicted molar refractivity (Wildman–Crippen MR) is 79.5 cm³/mol. The smallest absolute Gasteiger partial charge is 0.420 e. The molecule has 21 heavy (non-hydrogen) atoms. The lowest BCUT2D eigenvalue weighted by molar-refractivity contribution is 0.412. The van der Waals surface area contributed by atoms with Crippen molar-refractivity contribution >= 4 is 16.8 Å². The second-order valence-electron chi connectivity index (χ2n) is 4.82. The number of aromatic nitrogens is 2. The first-order chi connectivity index (χ1) is 10.1. The Labute approximate surface area is 120 Å². The van der Waals surface area contributed by atoms with Crippen molar-refractivity contribution in [1.29, 1.82) is 0 Å². The first-order valence-corrected chi connectivity index (χ1v) is 6.47. The molecule has 2 N–H and O–H groups in total. The fourth-order valence-electron chi connectivity index (χ4n) is 2.29. The number of anilines is 1. The van der Waals surface area contributed by atoms with Gasteiger partial charge in [-0.1, -0.05) is 0 Å². The summed E-state index contributed by atoms with van der Waals surface area (Å²) in [6, 6.07) is 8.73. The summed E-state index contributed by atoms with van der Waals surface area (Å²) in [5.74, 6) is 0.274. The summed E-state index contributed by atoms with van der Waals surface area (Å²) >= 11 is 0. The molecule has 3 rings (SSSR count). The molecule has 0 aliphatic heterocycles. The molecule has 6 nitrogen and oxygen atoms in total. The van der Waals surface area contributed by atoms with E-state index in [1.807, 2.05) is 13.0 Å². The van der Waals surface area contributed by atoms with Crippen LogP contribution < -0.4 is 16.2 Å². The highest BCUT2D eigenvalue weighted by Crippen LogP contribution is 2.19. The summed E-state index contributed by atoms with van der Waals surface area (Å²) in [5, 5.41) is 0. The number of oxazole rings is 1. The van der Waals surface area contributed by atoms with E-state index < -0.39 is 5.76 Å². The van der Waals surface area contributed by atoms with E-state index in [1.54, 1.807) is 31.4 Å². The molecular weight excluding hydrogens is 270 g/mol. The largest absolute Gasteiger partial charge is 0.497 e. The van der Waals surface area contributed by atoms with Crippen molar-refractivity contribution in [3.63, 3.8) is 0 Å². The number of ether oxygens (including phenoxy) is 1. The highest BCUT2D eigenvalue weighted by Gasteiger charge is 2.11. The summed E-state index contributed by atoms with van der Waals surface area (Å²) in [4.78, 5) is 16.4. The number of pyridine rings is 1. The number of hydrogen-bond acceptors (Lipinski definition) is 5. The highest BCUT2D eigenvalue weighted by atomic mass is 16.5. The minimum atomic E-state index is -0.433. The first-order valence-electron chi connectivity index (χ1n) is 6.47. The normalized spacial score (nSPS) is 11.0. The van der Waals surface area contributed by atoms with Crippen LogP contribution in [0.25, 0.3) is 11.1 Å². The fourth-order valence-corrected chi connectivity index (χ4v) is 2.29. The molecule has 0 saturated heterocycles. The number of nitrogens with zero attached hydrogens (tertiary/aromatic N) is 2. The van der Waals surface area contributed by atoms with E-state index in [9.17, 15) is 4.79 Å². The number of hydrogen-bond donors (Lipinski definition) is 1. The van der Waals surface area contributed by atoms with Gasteiger partial charge < -0.3 is 14.9 Å². The molecular formula is C15H15N3O3. The Balaban J connectivity index is 2.09. The van der Waals surface area contributed by atoms with Crippen LogP contribution in [-0.4, -0.2) is 16.7 Å². The second-order valence-corrected chi connectivity index (χ2v) is 4.82. The number of methoxy groups -OCH3 is 1. The fraction of sp³-hybridized carbons (Fsp3) is 0.200. The van der Waals surface area contributed by atoms with Crippen LogP contribution in [0.15, 0.2) is 39.5 Å². The SMILES string of the molecule is COc1cc(C)nc(Cn2c(=O)oc3ccc(N)cc32)c1. The third-order valence-electron chi connectivity index (χ3n) is 3.23. The number of fused-ring (bicyclic) bond motifs is 1. The zero-order chi connectivity index (χ0) is 15.0. The summed E-state index contributed by atoms with van der Waals surface area (Å²) in [6.45, 7) is 2.17. The van der Waals surface area contributed by atoms with Gasteiger partial charge in [0, 0.05) is 23.5 Å². The third-order valence-corrected chi connectivity index (χ3v) is 3.23. The molecule has 108 valence electrons. The Morgan fingerprint density at radius 2 is 2.14 bits per heavy atom. The number of nitrogens with two attached hydrogens (primary N) is 1. The number of aryl methyl sites for hydroxylation is 1. The van der Waals surface area contributed by atoms with E-state index in [0.717, 1.165) is 11.4 Å². The summed E-state index contributed by atoms with van der Waals surface area (Å²) in [5.41, 5.74) is 9.06. The van der Waals surface area contributed by atoms with Gasteiger partial charge in [-0.2, -0.15) is 0 Å². The summed E-state index contributed by atoms with van der Waals surface area (Å²) in [7, 11) is 1.60. The lowest BCUT2D eigenvalue weighted by atomic mass is 10.2. The third kappa shape index (κ3) is 2.47. The van der Waals surface area contributed by atoms with Crippen molar-refractivity contribution in [2.75, 3.05) is 12.8 Å². The van der Waals surface area contributed by atoms with Crippen LogP contribution in [0.1, 0.15) is 11.4 Å². The van der Waals surface area contributed by atoms with Gasteiger partial charge in [0.2, 0.25) is 0 Å². The van der Waals surface area contributed by atoms with Crippen LogP contribution in [-0.2, 0) is 6.54 Å². The van der Waals surface area contributed by atoms with E-state index in [0.29, 0.717) is 29.1 Å². The average Bonchev–Trinajstić information content (AvgIpc) is 2.74. The van der Waals surface area contributed by atoms with Gasteiger partial charge in [0.25, 0.3) is 0 Å². The molecule has 0 aliphatic rings. The molecule has 2 aromatic heterocycles. The van der Waals surface area contributed by atoms with Crippen LogP contribution in [0, 0.1) is 6.92 Å². The molecule has 1 aromatic carbocycles. The van der Waals surface area contributed by atoms with Crippen molar-refractivity contribution in [3.8, 4) is 5.75 Å². The topological polar surface area (TPSA) is 83.3 Å². The molecule has 6 heteroatoms. The maximum atomic E-state index is 12.0. The van der Waals surface area contributed by atoms with Crippen LogP contribution in [0.4, 0.5) is 5.69 Å². The van der Waals surface area contributed by atoms with Gasteiger partial charge >= 0.3 is 5.76 Å². The van der Waals surface area contributed by atoms with Crippen LogP contribution in [0.5, 0.6) is 5.75 Å². The van der Waals surface area contributed by atoms with Crippen molar-refractivity contribution in [3.05, 3.63) is 52.3 Å². The highest BCUT2D eigenvalue weighted by molar-refractivity contribution is 5.77. The minimum Gasteiger partial charge on any atom is -0.497 e. The van der Waals surface area contributed by atoms with E-state index in [1.165, 1.54) is 4.57 Å². The van der Waals surface area contributed by atoms with E-state index in [4.69, 9.17) is 14.9 Å². The van der Waals surface area contributed by atoms with Gasteiger partial charge in [-0.05, 0) is 25.1 Å². The van der Waals surface area contributed by atoms with Gasteiger partial charge in [0.1, 0.15) is 5.75 Å². The molecule has 0 fully saturated rings. The van der Waals surface area contributed by atoms with Gasteiger partial charge in [0.05, 0.1) is 24.9 Å². The van der Waals surface area contributed by atoms with Crippen LogP contribution >= 0.6 is 0 Å². The average molecular weight is 285 g/mol. The Hall–Kier alpha value is -2.76. The van der Waals surface area contributed by atoms with Gasteiger partial charge in [-0.15, -0.1) is 0 Å². The quantitative estimate of drug-likeness (QED) is 0.743. The monoisotopic (exact) mass is 285 g/mol. The molecule has 0 amide bonds. The molecule has 0 spiro atoms. The number of benzene rings is 1. The zero-order valence-corrected chi connectivity index (χ0v) is 11.8. The Bertz CT molecular complexity index is 864. The van der Waals surface area contributed by atoms with E-state index in [-0.39, 0.29) is 0 Å². The maximum Gasteiger partial charge on any atom is 0.420 e.